The van der Waals surface area contributed by atoms with Crippen LogP contribution in [0.3, 0.4) is 0 Å². The molecule has 1 aromatic heterocycles. The number of pyridine rings is 1. The molecule has 0 aliphatic heterocycles. The van der Waals surface area contributed by atoms with Crippen LogP contribution in [0.25, 0.3) is 10.9 Å². The van der Waals surface area contributed by atoms with Crippen molar-refractivity contribution in [1.29, 1.82) is 0 Å². The number of nitrogens with zero attached hydrogens (tertiary/aromatic N) is 1. The van der Waals surface area contributed by atoms with Crippen molar-refractivity contribution in [3.05, 3.63) is 45.8 Å². The molecule has 0 fully saturated rings. The third-order valence-corrected chi connectivity index (χ3v) is 3.00. The third-order valence-electron chi connectivity index (χ3n) is 3.00. The Labute approximate surface area is 119 Å². The van der Waals surface area contributed by atoms with Crippen LogP contribution in [0.15, 0.2) is 23.1 Å². The number of hydrogen-bond donors (Lipinski definition) is 1. The quantitative estimate of drug-likeness (QED) is 0.926. The molecule has 0 unspecified atom stereocenters. The summed E-state index contributed by atoms with van der Waals surface area (Å²) in [6.07, 6.45) is 1.07. The van der Waals surface area contributed by atoms with Gasteiger partial charge in [0.25, 0.3) is 0 Å². The summed E-state index contributed by atoms with van der Waals surface area (Å²) in [5, 5.41) is 8.55. The number of fused-ring (bicyclic) bond motifs is 1. The molecule has 21 heavy (non-hydrogen) atoms. The van der Waals surface area contributed by atoms with E-state index >= 15 is 0 Å². The molecule has 0 bridgehead atoms. The number of aromatic carboxylic acids is 1. The van der Waals surface area contributed by atoms with E-state index in [1.165, 1.54) is 4.57 Å². The molecule has 0 saturated carbocycles. The van der Waals surface area contributed by atoms with Crippen LogP contribution in [-0.4, -0.2) is 15.6 Å². The van der Waals surface area contributed by atoms with Crippen LogP contribution in [0, 0.1) is 17.0 Å². The predicted molar refractivity (Wildman–Crippen MR) is 74.5 cm³/mol. The summed E-state index contributed by atoms with van der Waals surface area (Å²) in [4.78, 5) is 23.2. The summed E-state index contributed by atoms with van der Waals surface area (Å²) < 4.78 is 29.2. The lowest BCUT2D eigenvalue weighted by molar-refractivity contribution is 0.0694. The highest BCUT2D eigenvalue weighted by Gasteiger charge is 2.22. The van der Waals surface area contributed by atoms with Crippen molar-refractivity contribution < 1.29 is 18.7 Å². The molecule has 0 saturated heterocycles. The monoisotopic (exact) mass is 295 g/mol. The number of carboxylic acid groups (broad SMARTS) is 1. The molecular weight excluding hydrogens is 280 g/mol. The fourth-order valence-corrected chi connectivity index (χ4v) is 2.24. The van der Waals surface area contributed by atoms with E-state index in [0.29, 0.717) is 0 Å². The molecule has 0 atom stereocenters. The van der Waals surface area contributed by atoms with Gasteiger partial charge >= 0.3 is 5.97 Å². The third kappa shape index (κ3) is 2.79. The predicted octanol–water partition coefficient (Wildman–Crippen LogP) is 3.02. The second-order valence-corrected chi connectivity index (χ2v) is 6.12. The summed E-state index contributed by atoms with van der Waals surface area (Å²) in [6, 6.07) is 1.75. The van der Waals surface area contributed by atoms with E-state index in [9.17, 15) is 18.4 Å². The van der Waals surface area contributed by atoms with E-state index in [1.807, 2.05) is 20.8 Å². The molecule has 2 rings (SSSR count). The molecule has 0 spiro atoms. The van der Waals surface area contributed by atoms with Gasteiger partial charge in [-0.2, -0.15) is 0 Å². The minimum atomic E-state index is -1.46. The van der Waals surface area contributed by atoms with Crippen LogP contribution in [-0.2, 0) is 6.54 Å². The van der Waals surface area contributed by atoms with Gasteiger partial charge in [-0.3, -0.25) is 4.79 Å². The molecular formula is C15H15F2NO3. The summed E-state index contributed by atoms with van der Waals surface area (Å²) >= 11 is 0. The van der Waals surface area contributed by atoms with Crippen LogP contribution in [0.5, 0.6) is 0 Å². The first kappa shape index (κ1) is 15.2. The molecule has 0 radical (unpaired) electrons. The number of rotatable bonds is 2. The molecule has 6 heteroatoms. The van der Waals surface area contributed by atoms with Gasteiger partial charge in [0.1, 0.15) is 17.2 Å². The van der Waals surface area contributed by atoms with E-state index < -0.39 is 34.0 Å². The minimum absolute atomic E-state index is 0.208. The van der Waals surface area contributed by atoms with E-state index in [4.69, 9.17) is 5.11 Å². The molecule has 1 N–H and O–H groups in total. The van der Waals surface area contributed by atoms with Crippen molar-refractivity contribution in [3.63, 3.8) is 0 Å². The van der Waals surface area contributed by atoms with E-state index in [2.05, 4.69) is 0 Å². The van der Waals surface area contributed by atoms with E-state index in [0.717, 1.165) is 18.3 Å². The maximum Gasteiger partial charge on any atom is 0.341 e. The Kier molecular flexibility index (Phi) is 3.57. The second-order valence-electron chi connectivity index (χ2n) is 6.12. The molecule has 1 aromatic carbocycles. The number of hydrogen-bond acceptors (Lipinski definition) is 2. The number of benzene rings is 1. The van der Waals surface area contributed by atoms with Crippen molar-refractivity contribution >= 4 is 16.9 Å². The number of aromatic nitrogens is 1. The lowest BCUT2D eigenvalue weighted by Gasteiger charge is -2.22. The topological polar surface area (TPSA) is 59.3 Å². The summed E-state index contributed by atoms with van der Waals surface area (Å²) in [6.45, 7) is 5.85. The Morgan fingerprint density at radius 2 is 1.81 bits per heavy atom. The fourth-order valence-electron chi connectivity index (χ4n) is 2.24. The number of carboxylic acids is 1. The number of carbonyl (C=O) groups is 1. The van der Waals surface area contributed by atoms with E-state index in [1.54, 1.807) is 0 Å². The van der Waals surface area contributed by atoms with Gasteiger partial charge in [-0.05, 0) is 17.5 Å². The van der Waals surface area contributed by atoms with E-state index in [-0.39, 0.29) is 17.5 Å². The summed E-state index contributed by atoms with van der Waals surface area (Å²) in [5.74, 6) is -3.15. The van der Waals surface area contributed by atoms with Crippen LogP contribution in [0.2, 0.25) is 0 Å². The Bertz CT molecular complexity index is 788. The lowest BCUT2D eigenvalue weighted by Crippen LogP contribution is -2.24. The molecule has 0 aliphatic carbocycles. The van der Waals surface area contributed by atoms with Crippen LogP contribution >= 0.6 is 0 Å². The van der Waals surface area contributed by atoms with Crippen LogP contribution in [0.1, 0.15) is 31.1 Å². The van der Waals surface area contributed by atoms with Crippen molar-refractivity contribution in [2.24, 2.45) is 5.41 Å². The Morgan fingerprint density at radius 3 is 2.33 bits per heavy atom. The molecule has 4 nitrogen and oxygen atoms in total. The Hall–Kier alpha value is -2.24. The molecule has 0 aliphatic rings. The first-order valence-corrected chi connectivity index (χ1v) is 6.36. The maximum absolute atomic E-state index is 14.0. The van der Waals surface area contributed by atoms with Gasteiger partial charge in [0.05, 0.1) is 10.9 Å². The largest absolute Gasteiger partial charge is 0.477 e. The van der Waals surface area contributed by atoms with Gasteiger partial charge in [-0.15, -0.1) is 0 Å². The number of halogens is 2. The van der Waals surface area contributed by atoms with Gasteiger partial charge < -0.3 is 9.67 Å². The zero-order valence-electron chi connectivity index (χ0n) is 11.9. The van der Waals surface area contributed by atoms with Gasteiger partial charge in [0.2, 0.25) is 5.43 Å². The fraction of sp³-hybridized carbons (Fsp3) is 0.333. The molecule has 0 amide bonds. The highest BCUT2D eigenvalue weighted by molar-refractivity contribution is 5.92. The average molecular weight is 295 g/mol. The molecule has 2 aromatic rings. The normalized spacial score (nSPS) is 11.9. The smallest absolute Gasteiger partial charge is 0.341 e. The lowest BCUT2D eigenvalue weighted by atomic mass is 9.96. The van der Waals surface area contributed by atoms with Gasteiger partial charge in [-0.1, -0.05) is 20.8 Å². The van der Waals surface area contributed by atoms with Crippen molar-refractivity contribution in [2.75, 3.05) is 0 Å². The Balaban J connectivity index is 2.96. The summed E-state index contributed by atoms with van der Waals surface area (Å²) in [7, 11) is 0. The zero-order chi connectivity index (χ0) is 15.9. The first-order valence-electron chi connectivity index (χ1n) is 6.36. The van der Waals surface area contributed by atoms with Gasteiger partial charge in [0.15, 0.2) is 0 Å². The summed E-state index contributed by atoms with van der Waals surface area (Å²) in [5.41, 5.74) is -2.10. The zero-order valence-corrected chi connectivity index (χ0v) is 11.9. The maximum atomic E-state index is 14.0. The molecule has 112 valence electrons. The molecule has 1 heterocycles. The van der Waals surface area contributed by atoms with Crippen LogP contribution in [0.4, 0.5) is 8.78 Å². The Morgan fingerprint density at radius 1 is 1.24 bits per heavy atom. The SMILES string of the molecule is CC(C)(C)Cn1cc(C(=O)O)c(=O)c2c(F)ccc(F)c21. The standard InChI is InChI=1S/C15H15F2NO3/c1-15(2,3)7-18-6-8(14(20)21)13(19)11-9(16)4-5-10(17)12(11)18/h4-6H,7H2,1-3H3,(H,20,21). The highest BCUT2D eigenvalue weighted by Crippen LogP contribution is 2.24. The van der Waals surface area contributed by atoms with Crippen molar-refractivity contribution in [2.45, 2.75) is 27.3 Å². The minimum Gasteiger partial charge on any atom is -0.477 e. The van der Waals surface area contributed by atoms with Gasteiger partial charge in [-0.25, -0.2) is 13.6 Å². The van der Waals surface area contributed by atoms with Crippen molar-refractivity contribution in [1.82, 2.24) is 4.57 Å². The highest BCUT2D eigenvalue weighted by atomic mass is 19.1. The van der Waals surface area contributed by atoms with Gasteiger partial charge in [0, 0.05) is 12.7 Å². The average Bonchev–Trinajstić information content (AvgIpc) is 2.33. The first-order chi connectivity index (χ1) is 9.61. The van der Waals surface area contributed by atoms with Crippen LogP contribution < -0.4 is 5.43 Å². The van der Waals surface area contributed by atoms with Crippen molar-refractivity contribution in [3.8, 4) is 0 Å². The second kappa shape index (κ2) is 4.95.